The number of carbonyl (C=O) groups excluding carboxylic acids is 1. The first-order valence-corrected chi connectivity index (χ1v) is 6.48. The lowest BCUT2D eigenvalue weighted by Crippen LogP contribution is -2.45. The molecular formula is C15H14FN3O. The third-order valence-corrected chi connectivity index (χ3v) is 3.37. The maximum atomic E-state index is 13.4. The van der Waals surface area contributed by atoms with E-state index >= 15 is 0 Å². The Kier molecular flexibility index (Phi) is 3.10. The zero-order valence-corrected chi connectivity index (χ0v) is 11.1. The highest BCUT2D eigenvalue weighted by molar-refractivity contribution is 6.01. The maximum Gasteiger partial charge on any atom is 0.259 e. The van der Waals surface area contributed by atoms with Gasteiger partial charge in [0.15, 0.2) is 0 Å². The molecule has 102 valence electrons. The van der Waals surface area contributed by atoms with Crippen LogP contribution in [0, 0.1) is 5.82 Å². The Balaban J connectivity index is 2.11. The van der Waals surface area contributed by atoms with Crippen molar-refractivity contribution in [1.82, 2.24) is 9.88 Å². The van der Waals surface area contributed by atoms with Gasteiger partial charge in [-0.1, -0.05) is 6.07 Å². The van der Waals surface area contributed by atoms with Crippen LogP contribution >= 0.6 is 0 Å². The monoisotopic (exact) mass is 271 g/mol. The molecule has 1 amide bonds. The number of aromatic nitrogens is 1. The van der Waals surface area contributed by atoms with Crippen molar-refractivity contribution in [3.05, 3.63) is 54.0 Å². The van der Waals surface area contributed by atoms with Gasteiger partial charge in [-0.2, -0.15) is 0 Å². The van der Waals surface area contributed by atoms with Gasteiger partial charge >= 0.3 is 0 Å². The lowest BCUT2D eigenvalue weighted by Gasteiger charge is -2.36. The van der Waals surface area contributed by atoms with Crippen molar-refractivity contribution in [2.75, 3.05) is 18.1 Å². The van der Waals surface area contributed by atoms with Crippen LogP contribution < -0.4 is 4.90 Å². The molecule has 0 spiro atoms. The lowest BCUT2D eigenvalue weighted by atomic mass is 10.1. The van der Waals surface area contributed by atoms with Gasteiger partial charge in [-0.15, -0.1) is 0 Å². The summed E-state index contributed by atoms with van der Waals surface area (Å²) < 4.78 is 13.4. The van der Waals surface area contributed by atoms with Crippen molar-refractivity contribution < 1.29 is 9.18 Å². The molecule has 0 N–H and O–H groups in total. The van der Waals surface area contributed by atoms with Gasteiger partial charge in [-0.3, -0.25) is 4.79 Å². The molecular weight excluding hydrogens is 257 g/mol. The average molecular weight is 271 g/mol. The minimum Gasteiger partial charge on any atom is -0.321 e. The third kappa shape index (κ3) is 2.01. The fraction of sp³-hybridized carbons (Fsp3) is 0.200. The molecule has 1 aromatic carbocycles. The molecule has 5 heteroatoms. The minimum atomic E-state index is -0.306. The summed E-state index contributed by atoms with van der Waals surface area (Å²) in [6.07, 6.45) is 1.64. The number of anilines is 2. The lowest BCUT2D eigenvalue weighted by molar-refractivity contribution is 0.0755. The predicted octanol–water partition coefficient (Wildman–Crippen LogP) is 2.79. The number of rotatable bonds is 2. The standard InChI is InChI=1S/C15H14FN3O/c1-2-18-10-19(12-6-3-5-11(16)9-12)14-13(15(18)20)7-4-8-17-14/h3-9H,2,10H2,1H3. The normalized spacial score (nSPS) is 14.4. The van der Waals surface area contributed by atoms with Gasteiger partial charge in [0.05, 0.1) is 12.2 Å². The number of hydrogen-bond acceptors (Lipinski definition) is 3. The highest BCUT2D eigenvalue weighted by atomic mass is 19.1. The van der Waals surface area contributed by atoms with Crippen LogP contribution in [0.1, 0.15) is 17.3 Å². The summed E-state index contributed by atoms with van der Waals surface area (Å²) in [5.41, 5.74) is 1.24. The molecule has 2 heterocycles. The Labute approximate surface area is 116 Å². The van der Waals surface area contributed by atoms with Crippen molar-refractivity contribution in [2.45, 2.75) is 6.92 Å². The largest absolute Gasteiger partial charge is 0.321 e. The summed E-state index contributed by atoms with van der Waals surface area (Å²) in [6.45, 7) is 2.89. The van der Waals surface area contributed by atoms with Crippen LogP contribution in [0.2, 0.25) is 0 Å². The van der Waals surface area contributed by atoms with Gasteiger partial charge in [0.25, 0.3) is 5.91 Å². The van der Waals surface area contributed by atoms with E-state index in [0.717, 1.165) is 0 Å². The number of amides is 1. The van der Waals surface area contributed by atoms with Gasteiger partial charge in [-0.25, -0.2) is 9.37 Å². The van der Waals surface area contributed by atoms with Crippen molar-refractivity contribution in [3.8, 4) is 0 Å². The van der Waals surface area contributed by atoms with E-state index in [1.165, 1.54) is 12.1 Å². The maximum absolute atomic E-state index is 13.4. The summed E-state index contributed by atoms with van der Waals surface area (Å²) >= 11 is 0. The highest BCUT2D eigenvalue weighted by Gasteiger charge is 2.29. The molecule has 0 saturated heterocycles. The number of fused-ring (bicyclic) bond motifs is 1. The molecule has 4 nitrogen and oxygen atoms in total. The molecule has 20 heavy (non-hydrogen) atoms. The van der Waals surface area contributed by atoms with E-state index in [1.807, 2.05) is 17.9 Å². The Hall–Kier alpha value is -2.43. The quantitative estimate of drug-likeness (QED) is 0.842. The molecule has 0 radical (unpaired) electrons. The first-order chi connectivity index (χ1) is 9.70. The molecule has 0 saturated carbocycles. The molecule has 2 aromatic rings. The van der Waals surface area contributed by atoms with E-state index < -0.39 is 0 Å². The third-order valence-electron chi connectivity index (χ3n) is 3.37. The molecule has 0 fully saturated rings. The minimum absolute atomic E-state index is 0.0387. The van der Waals surface area contributed by atoms with E-state index in [0.29, 0.717) is 30.3 Å². The summed E-state index contributed by atoms with van der Waals surface area (Å²) in [7, 11) is 0. The van der Waals surface area contributed by atoms with Crippen molar-refractivity contribution >= 4 is 17.4 Å². The van der Waals surface area contributed by atoms with Gasteiger partial charge in [-0.05, 0) is 37.3 Å². The van der Waals surface area contributed by atoms with Crippen LogP contribution in [0.3, 0.4) is 0 Å². The van der Waals surface area contributed by atoms with E-state index in [9.17, 15) is 9.18 Å². The van der Waals surface area contributed by atoms with Crippen LogP contribution in [-0.4, -0.2) is 29.0 Å². The van der Waals surface area contributed by atoms with E-state index in [-0.39, 0.29) is 11.7 Å². The summed E-state index contributed by atoms with van der Waals surface area (Å²) in [5, 5.41) is 0. The van der Waals surface area contributed by atoms with Crippen molar-refractivity contribution in [2.24, 2.45) is 0 Å². The van der Waals surface area contributed by atoms with Gasteiger partial charge in [0.1, 0.15) is 11.6 Å². The number of carbonyl (C=O) groups is 1. The molecule has 3 rings (SSSR count). The second-order valence-electron chi connectivity index (χ2n) is 4.59. The van der Waals surface area contributed by atoms with Crippen molar-refractivity contribution in [1.29, 1.82) is 0 Å². The molecule has 1 aliphatic rings. The van der Waals surface area contributed by atoms with Crippen molar-refractivity contribution in [3.63, 3.8) is 0 Å². The molecule has 0 bridgehead atoms. The average Bonchev–Trinajstić information content (AvgIpc) is 2.48. The number of nitrogens with zero attached hydrogens (tertiary/aromatic N) is 3. The fourth-order valence-electron chi connectivity index (χ4n) is 2.34. The second kappa shape index (κ2) is 4.92. The summed E-state index contributed by atoms with van der Waals surface area (Å²) in [5.74, 6) is 0.232. The predicted molar refractivity (Wildman–Crippen MR) is 74.4 cm³/mol. The van der Waals surface area contributed by atoms with Gasteiger partial charge < -0.3 is 9.80 Å². The smallest absolute Gasteiger partial charge is 0.259 e. The first kappa shape index (κ1) is 12.6. The van der Waals surface area contributed by atoms with Crippen LogP contribution in [0.15, 0.2) is 42.6 Å². The zero-order chi connectivity index (χ0) is 14.1. The molecule has 0 aliphatic carbocycles. The van der Waals surface area contributed by atoms with Crippen LogP contribution in [0.5, 0.6) is 0 Å². The number of pyridine rings is 1. The highest BCUT2D eigenvalue weighted by Crippen LogP contribution is 2.31. The SMILES string of the molecule is CCN1CN(c2cccc(F)c2)c2ncccc2C1=O. The Bertz CT molecular complexity index is 659. The molecule has 1 aliphatic heterocycles. The Morgan fingerprint density at radius 2 is 2.15 bits per heavy atom. The van der Waals surface area contributed by atoms with Crippen LogP contribution in [0.25, 0.3) is 0 Å². The topological polar surface area (TPSA) is 36.4 Å². The number of hydrogen-bond donors (Lipinski definition) is 0. The fourth-order valence-corrected chi connectivity index (χ4v) is 2.34. The van der Waals surface area contributed by atoms with E-state index in [4.69, 9.17) is 0 Å². The molecule has 1 aromatic heterocycles. The summed E-state index contributed by atoms with van der Waals surface area (Å²) in [6, 6.07) is 9.79. The van der Waals surface area contributed by atoms with Crippen LogP contribution in [0.4, 0.5) is 15.9 Å². The zero-order valence-electron chi connectivity index (χ0n) is 11.1. The Morgan fingerprint density at radius 1 is 1.30 bits per heavy atom. The van der Waals surface area contributed by atoms with Gasteiger partial charge in [0.2, 0.25) is 0 Å². The second-order valence-corrected chi connectivity index (χ2v) is 4.59. The van der Waals surface area contributed by atoms with Gasteiger partial charge in [0, 0.05) is 18.4 Å². The number of halogens is 1. The van der Waals surface area contributed by atoms with E-state index in [1.54, 1.807) is 29.3 Å². The molecule has 0 atom stereocenters. The Morgan fingerprint density at radius 3 is 2.90 bits per heavy atom. The van der Waals surface area contributed by atoms with E-state index in [2.05, 4.69) is 4.98 Å². The summed E-state index contributed by atoms with van der Waals surface area (Å²) in [4.78, 5) is 20.1. The van der Waals surface area contributed by atoms with Crippen LogP contribution in [-0.2, 0) is 0 Å². The first-order valence-electron chi connectivity index (χ1n) is 6.48. The number of benzene rings is 1. The molecule has 0 unspecified atom stereocenters.